The summed E-state index contributed by atoms with van der Waals surface area (Å²) in [6.07, 6.45) is 0. The van der Waals surface area contributed by atoms with E-state index in [4.69, 9.17) is 4.98 Å². The van der Waals surface area contributed by atoms with Crippen molar-refractivity contribution in [3.05, 3.63) is 45.9 Å². The van der Waals surface area contributed by atoms with Gasteiger partial charge in [0.2, 0.25) is 5.91 Å². The summed E-state index contributed by atoms with van der Waals surface area (Å²) in [5.74, 6) is 0.0625. The average molecular weight is 387 g/mol. The van der Waals surface area contributed by atoms with Crippen molar-refractivity contribution in [2.24, 2.45) is 0 Å². The Morgan fingerprint density at radius 3 is 2.44 bits per heavy atom. The minimum atomic E-state index is 0.0625. The van der Waals surface area contributed by atoms with Gasteiger partial charge in [0, 0.05) is 42.7 Å². The van der Waals surface area contributed by atoms with E-state index in [1.165, 1.54) is 10.7 Å². The minimum absolute atomic E-state index is 0.0625. The first-order valence-electron chi connectivity index (χ1n) is 9.56. The Hall–Kier alpha value is -1.76. The number of anilines is 1. The molecule has 0 saturated carbocycles. The van der Waals surface area contributed by atoms with Crippen molar-refractivity contribution in [3.8, 4) is 0 Å². The molecule has 0 spiro atoms. The topological polar surface area (TPSA) is 48.5 Å². The van der Waals surface area contributed by atoms with Crippen LogP contribution in [-0.2, 0) is 16.8 Å². The summed E-state index contributed by atoms with van der Waals surface area (Å²) < 4.78 is 0. The number of hydrogen-bond donors (Lipinski definition) is 1. The first kappa shape index (κ1) is 20.0. The van der Waals surface area contributed by atoms with Crippen molar-refractivity contribution in [1.29, 1.82) is 0 Å². The van der Waals surface area contributed by atoms with Crippen LogP contribution in [0, 0.1) is 6.92 Å². The van der Waals surface area contributed by atoms with E-state index < -0.39 is 0 Å². The van der Waals surface area contributed by atoms with Crippen LogP contribution in [0.2, 0.25) is 0 Å². The van der Waals surface area contributed by atoms with E-state index in [0.29, 0.717) is 6.54 Å². The minimum Gasteiger partial charge on any atom is -0.325 e. The maximum atomic E-state index is 12.3. The van der Waals surface area contributed by atoms with Gasteiger partial charge in [-0.25, -0.2) is 4.98 Å². The molecule has 146 valence electrons. The number of rotatable bonds is 5. The summed E-state index contributed by atoms with van der Waals surface area (Å²) in [5.41, 5.74) is 3.28. The highest BCUT2D eigenvalue weighted by Crippen LogP contribution is 2.24. The molecule has 3 rings (SSSR count). The lowest BCUT2D eigenvalue weighted by Gasteiger charge is -2.33. The number of nitrogens with one attached hydrogen (secondary N) is 1. The molecule has 0 bridgehead atoms. The third-order valence-corrected chi connectivity index (χ3v) is 5.76. The molecular formula is C21H30N4OS. The highest BCUT2D eigenvalue weighted by molar-refractivity contribution is 7.09. The molecule has 1 aliphatic heterocycles. The van der Waals surface area contributed by atoms with Gasteiger partial charge in [0.1, 0.15) is 5.01 Å². The molecule has 0 atom stereocenters. The van der Waals surface area contributed by atoms with Crippen molar-refractivity contribution in [2.75, 3.05) is 38.0 Å². The Morgan fingerprint density at radius 2 is 1.81 bits per heavy atom. The molecule has 1 aromatic heterocycles. The van der Waals surface area contributed by atoms with E-state index in [0.717, 1.165) is 44.0 Å². The van der Waals surface area contributed by atoms with Gasteiger partial charge >= 0.3 is 0 Å². The lowest BCUT2D eigenvalue weighted by Crippen LogP contribution is -2.48. The standard InChI is InChI=1S/C21H30N4OS/c1-16-7-5-6-8-17(16)22-19(26)13-24-9-11-25(12-10-24)14-20-23-18(15-27-20)21(2,3)4/h5-8,15H,9-14H2,1-4H3,(H,22,26). The van der Waals surface area contributed by atoms with Crippen LogP contribution in [0.25, 0.3) is 0 Å². The van der Waals surface area contributed by atoms with Crippen molar-refractivity contribution in [2.45, 2.75) is 39.7 Å². The van der Waals surface area contributed by atoms with Gasteiger partial charge in [0.05, 0.1) is 18.8 Å². The van der Waals surface area contributed by atoms with E-state index in [1.54, 1.807) is 11.3 Å². The Morgan fingerprint density at radius 1 is 1.15 bits per heavy atom. The van der Waals surface area contributed by atoms with Gasteiger partial charge in [-0.1, -0.05) is 39.0 Å². The number of benzene rings is 1. The Bertz CT molecular complexity index is 772. The van der Waals surface area contributed by atoms with Gasteiger partial charge in [-0.3, -0.25) is 14.6 Å². The van der Waals surface area contributed by atoms with Gasteiger partial charge < -0.3 is 5.32 Å². The third-order valence-electron chi connectivity index (χ3n) is 4.93. The molecule has 6 heteroatoms. The van der Waals surface area contributed by atoms with Crippen LogP contribution in [0.5, 0.6) is 0 Å². The number of carbonyl (C=O) groups is 1. The van der Waals surface area contributed by atoms with Crippen LogP contribution in [0.1, 0.15) is 37.0 Å². The fraction of sp³-hybridized carbons (Fsp3) is 0.524. The number of hydrogen-bond acceptors (Lipinski definition) is 5. The molecule has 0 radical (unpaired) electrons. The summed E-state index contributed by atoms with van der Waals surface area (Å²) in [7, 11) is 0. The zero-order chi connectivity index (χ0) is 19.4. The molecule has 1 saturated heterocycles. The van der Waals surface area contributed by atoms with Crippen LogP contribution in [-0.4, -0.2) is 53.4 Å². The summed E-state index contributed by atoms with van der Waals surface area (Å²) in [6.45, 7) is 13.8. The quantitative estimate of drug-likeness (QED) is 0.854. The molecule has 0 unspecified atom stereocenters. The van der Waals surface area contributed by atoms with Gasteiger partial charge in [-0.2, -0.15) is 0 Å². The number of aryl methyl sites for hydroxylation is 1. The van der Waals surface area contributed by atoms with Crippen molar-refractivity contribution in [1.82, 2.24) is 14.8 Å². The van der Waals surface area contributed by atoms with Crippen molar-refractivity contribution in [3.63, 3.8) is 0 Å². The third kappa shape index (κ3) is 5.61. The molecule has 2 heterocycles. The zero-order valence-corrected chi connectivity index (χ0v) is 17.6. The molecular weight excluding hydrogens is 356 g/mol. The van der Waals surface area contributed by atoms with Crippen LogP contribution >= 0.6 is 11.3 Å². The summed E-state index contributed by atoms with van der Waals surface area (Å²) >= 11 is 1.75. The molecule has 1 aromatic carbocycles. The molecule has 2 aromatic rings. The molecule has 1 amide bonds. The number of aromatic nitrogens is 1. The van der Waals surface area contributed by atoms with Crippen LogP contribution in [0.4, 0.5) is 5.69 Å². The van der Waals surface area contributed by atoms with E-state index in [1.807, 2.05) is 31.2 Å². The zero-order valence-electron chi connectivity index (χ0n) is 16.8. The summed E-state index contributed by atoms with van der Waals surface area (Å²) in [5, 5.41) is 6.39. The number of piperazine rings is 1. The fourth-order valence-corrected chi connectivity index (χ4v) is 4.19. The maximum absolute atomic E-state index is 12.3. The number of carbonyl (C=O) groups excluding carboxylic acids is 1. The Labute approximate surface area is 166 Å². The highest BCUT2D eigenvalue weighted by Gasteiger charge is 2.22. The predicted octanol–water partition coefficient (Wildman–Crippen LogP) is 3.51. The molecule has 1 N–H and O–H groups in total. The van der Waals surface area contributed by atoms with Gasteiger partial charge in [-0.15, -0.1) is 11.3 Å². The molecule has 5 nitrogen and oxygen atoms in total. The first-order valence-corrected chi connectivity index (χ1v) is 10.4. The van der Waals surface area contributed by atoms with E-state index in [9.17, 15) is 4.79 Å². The smallest absolute Gasteiger partial charge is 0.238 e. The lowest BCUT2D eigenvalue weighted by molar-refractivity contribution is -0.117. The van der Waals surface area contributed by atoms with E-state index in [-0.39, 0.29) is 11.3 Å². The number of amides is 1. The van der Waals surface area contributed by atoms with E-state index >= 15 is 0 Å². The maximum Gasteiger partial charge on any atom is 0.238 e. The second kappa shape index (κ2) is 8.50. The Balaban J connectivity index is 1.44. The number of thiazole rings is 1. The van der Waals surface area contributed by atoms with Gasteiger partial charge in [-0.05, 0) is 18.6 Å². The number of nitrogens with zero attached hydrogens (tertiary/aromatic N) is 3. The predicted molar refractivity (Wildman–Crippen MR) is 112 cm³/mol. The summed E-state index contributed by atoms with van der Waals surface area (Å²) in [4.78, 5) is 21.8. The lowest BCUT2D eigenvalue weighted by atomic mass is 9.93. The van der Waals surface area contributed by atoms with Crippen LogP contribution < -0.4 is 5.32 Å². The molecule has 1 fully saturated rings. The average Bonchev–Trinajstić information content (AvgIpc) is 3.08. The second-order valence-corrected chi connectivity index (χ2v) is 9.23. The SMILES string of the molecule is Cc1ccccc1NC(=O)CN1CCN(Cc2nc(C(C)(C)C)cs2)CC1. The Kier molecular flexibility index (Phi) is 6.29. The first-order chi connectivity index (χ1) is 12.8. The molecule has 1 aliphatic rings. The monoisotopic (exact) mass is 386 g/mol. The van der Waals surface area contributed by atoms with Crippen molar-refractivity contribution < 1.29 is 4.79 Å². The largest absolute Gasteiger partial charge is 0.325 e. The summed E-state index contributed by atoms with van der Waals surface area (Å²) in [6, 6.07) is 7.89. The van der Waals surface area contributed by atoms with E-state index in [2.05, 4.69) is 41.3 Å². The number of para-hydroxylation sites is 1. The van der Waals surface area contributed by atoms with Crippen LogP contribution in [0.3, 0.4) is 0 Å². The molecule has 0 aliphatic carbocycles. The van der Waals surface area contributed by atoms with Crippen LogP contribution in [0.15, 0.2) is 29.6 Å². The normalized spacial score (nSPS) is 16.4. The van der Waals surface area contributed by atoms with Gasteiger partial charge in [0.15, 0.2) is 0 Å². The fourth-order valence-electron chi connectivity index (χ4n) is 3.13. The molecule has 27 heavy (non-hydrogen) atoms. The van der Waals surface area contributed by atoms with Gasteiger partial charge in [0.25, 0.3) is 0 Å². The second-order valence-electron chi connectivity index (χ2n) is 8.29. The van der Waals surface area contributed by atoms with Crippen molar-refractivity contribution >= 4 is 22.9 Å². The highest BCUT2D eigenvalue weighted by atomic mass is 32.1.